The summed E-state index contributed by atoms with van der Waals surface area (Å²) in [7, 11) is 0. The Kier molecular flexibility index (Phi) is 6.12. The molecule has 0 aliphatic rings. The molecule has 0 fully saturated rings. The first-order valence-corrected chi connectivity index (χ1v) is 6.68. The maximum absolute atomic E-state index is 11.6. The fourth-order valence-electron chi connectivity index (χ4n) is 1.13. The van der Waals surface area contributed by atoms with E-state index in [0.717, 1.165) is 4.90 Å². The van der Waals surface area contributed by atoms with Crippen LogP contribution in [0.15, 0.2) is 23.1 Å². The molecule has 3 nitrogen and oxygen atoms in total. The fourth-order valence-corrected chi connectivity index (χ4v) is 2.57. The molecule has 0 aromatic heterocycles. The van der Waals surface area contributed by atoms with Gasteiger partial charge in [0, 0.05) is 16.5 Å². The fraction of sp³-hybridized carbons (Fsp3) is 0.364. The van der Waals surface area contributed by atoms with Crippen molar-refractivity contribution in [1.82, 2.24) is 5.32 Å². The molecule has 1 aromatic carbocycles. The van der Waals surface area contributed by atoms with Gasteiger partial charge in [-0.05, 0) is 25.1 Å². The molecule has 0 aliphatic heterocycles. The minimum Gasteiger partial charge on any atom is -0.395 e. The molecule has 1 rings (SSSR count). The molecule has 1 atom stereocenters. The number of aliphatic hydroxyl groups is 1. The maximum atomic E-state index is 11.6. The van der Waals surface area contributed by atoms with E-state index in [1.54, 1.807) is 25.1 Å². The summed E-state index contributed by atoms with van der Waals surface area (Å²) < 4.78 is 0. The molecule has 0 saturated carbocycles. The van der Waals surface area contributed by atoms with Gasteiger partial charge in [0.05, 0.1) is 16.9 Å². The van der Waals surface area contributed by atoms with Crippen LogP contribution in [0, 0.1) is 0 Å². The lowest BCUT2D eigenvalue weighted by molar-refractivity contribution is -0.120. The van der Waals surface area contributed by atoms with Gasteiger partial charge in [-0.3, -0.25) is 4.79 Å². The summed E-state index contributed by atoms with van der Waals surface area (Å²) in [5, 5.41) is 12.1. The predicted octanol–water partition coefficient (Wildman–Crippen LogP) is 2.58. The lowest BCUT2D eigenvalue weighted by atomic mass is 10.4. The Labute approximate surface area is 114 Å². The van der Waals surface area contributed by atoms with Gasteiger partial charge < -0.3 is 10.4 Å². The highest BCUT2D eigenvalue weighted by molar-refractivity contribution is 8.00. The Morgan fingerprint density at radius 2 is 2.24 bits per heavy atom. The molecular weight excluding hydrogens is 281 g/mol. The molecule has 0 heterocycles. The van der Waals surface area contributed by atoms with Crippen LogP contribution in [0.1, 0.15) is 6.92 Å². The van der Waals surface area contributed by atoms with Crippen molar-refractivity contribution in [3.05, 3.63) is 28.2 Å². The monoisotopic (exact) mass is 293 g/mol. The van der Waals surface area contributed by atoms with Crippen LogP contribution in [0.5, 0.6) is 0 Å². The molecule has 1 unspecified atom stereocenters. The van der Waals surface area contributed by atoms with Gasteiger partial charge in [-0.2, -0.15) is 0 Å². The second kappa shape index (κ2) is 7.11. The summed E-state index contributed by atoms with van der Waals surface area (Å²) in [6.45, 7) is 1.96. The summed E-state index contributed by atoms with van der Waals surface area (Å²) in [6, 6.07) is 5.12. The normalized spacial score (nSPS) is 12.2. The molecule has 6 heteroatoms. The number of benzene rings is 1. The minimum atomic E-state index is -0.294. The number of hydrogen-bond donors (Lipinski definition) is 2. The van der Waals surface area contributed by atoms with Crippen LogP contribution < -0.4 is 5.32 Å². The maximum Gasteiger partial charge on any atom is 0.233 e. The van der Waals surface area contributed by atoms with Crippen molar-refractivity contribution < 1.29 is 9.90 Å². The van der Waals surface area contributed by atoms with Gasteiger partial charge in [-0.15, -0.1) is 11.8 Å². The number of carbonyl (C=O) groups excluding carboxylic acids is 1. The third-order valence-corrected chi connectivity index (χ3v) is 3.81. The first-order chi connectivity index (χ1) is 8.04. The lowest BCUT2D eigenvalue weighted by Gasteiger charge is -2.12. The highest BCUT2D eigenvalue weighted by atomic mass is 35.5. The van der Waals surface area contributed by atoms with Gasteiger partial charge in [-0.25, -0.2) is 0 Å². The van der Waals surface area contributed by atoms with Crippen molar-refractivity contribution in [3.63, 3.8) is 0 Å². The molecule has 1 aromatic rings. The molecule has 17 heavy (non-hydrogen) atoms. The largest absolute Gasteiger partial charge is 0.395 e. The highest BCUT2D eigenvalue weighted by Gasteiger charge is 2.15. The van der Waals surface area contributed by atoms with Crippen LogP contribution in [0.3, 0.4) is 0 Å². The van der Waals surface area contributed by atoms with Gasteiger partial charge in [0.1, 0.15) is 0 Å². The van der Waals surface area contributed by atoms with E-state index in [-0.39, 0.29) is 24.3 Å². The van der Waals surface area contributed by atoms with Crippen LogP contribution in [0.4, 0.5) is 0 Å². The molecule has 0 bridgehead atoms. The third kappa shape index (κ3) is 4.76. The Balaban J connectivity index is 2.64. The molecule has 0 radical (unpaired) electrons. The molecule has 1 amide bonds. The Morgan fingerprint density at radius 3 is 2.88 bits per heavy atom. The number of amides is 1. The number of nitrogens with one attached hydrogen (secondary N) is 1. The zero-order chi connectivity index (χ0) is 12.8. The Morgan fingerprint density at radius 1 is 1.53 bits per heavy atom. The molecule has 0 spiro atoms. The van der Waals surface area contributed by atoms with E-state index in [4.69, 9.17) is 28.3 Å². The standard InChI is InChI=1S/C11H13Cl2NO2S/c1-7(11(16)14-4-5-15)17-10-6-8(12)2-3-9(10)13/h2-3,6-7,15H,4-5H2,1H3,(H,14,16). The van der Waals surface area contributed by atoms with E-state index in [1.165, 1.54) is 11.8 Å². The zero-order valence-electron chi connectivity index (χ0n) is 9.24. The Bertz CT molecular complexity index is 401. The van der Waals surface area contributed by atoms with Crippen molar-refractivity contribution in [2.24, 2.45) is 0 Å². The lowest BCUT2D eigenvalue weighted by Crippen LogP contribution is -2.32. The second-order valence-electron chi connectivity index (χ2n) is 3.35. The topological polar surface area (TPSA) is 49.3 Å². The van der Waals surface area contributed by atoms with E-state index >= 15 is 0 Å². The quantitative estimate of drug-likeness (QED) is 0.821. The Hall–Kier alpha value is -0.420. The van der Waals surface area contributed by atoms with Crippen molar-refractivity contribution in [2.45, 2.75) is 17.1 Å². The molecule has 0 saturated heterocycles. The van der Waals surface area contributed by atoms with Gasteiger partial charge in [0.25, 0.3) is 0 Å². The number of carbonyl (C=O) groups is 1. The SMILES string of the molecule is CC(Sc1cc(Cl)ccc1Cl)C(=O)NCCO. The van der Waals surface area contributed by atoms with Crippen LogP contribution in [0.2, 0.25) is 10.0 Å². The van der Waals surface area contributed by atoms with Crippen LogP contribution in [-0.2, 0) is 4.79 Å². The van der Waals surface area contributed by atoms with Crippen LogP contribution in [-0.4, -0.2) is 29.4 Å². The first kappa shape index (κ1) is 14.6. The van der Waals surface area contributed by atoms with Gasteiger partial charge >= 0.3 is 0 Å². The number of halogens is 2. The third-order valence-electron chi connectivity index (χ3n) is 1.98. The average molecular weight is 294 g/mol. The van der Waals surface area contributed by atoms with Crippen molar-refractivity contribution in [1.29, 1.82) is 0 Å². The molecular formula is C11H13Cl2NO2S. The average Bonchev–Trinajstić information content (AvgIpc) is 2.30. The first-order valence-electron chi connectivity index (χ1n) is 5.05. The number of aliphatic hydroxyl groups excluding tert-OH is 1. The molecule has 94 valence electrons. The van der Waals surface area contributed by atoms with E-state index < -0.39 is 0 Å². The minimum absolute atomic E-state index is 0.0684. The summed E-state index contributed by atoms with van der Waals surface area (Å²) in [4.78, 5) is 12.4. The number of hydrogen-bond acceptors (Lipinski definition) is 3. The van der Waals surface area contributed by atoms with Crippen LogP contribution in [0.25, 0.3) is 0 Å². The van der Waals surface area contributed by atoms with Gasteiger partial charge in [0.15, 0.2) is 0 Å². The smallest absolute Gasteiger partial charge is 0.233 e. The summed E-state index contributed by atoms with van der Waals surface area (Å²) in [6.07, 6.45) is 0. The van der Waals surface area contributed by atoms with E-state index in [1.807, 2.05) is 0 Å². The van der Waals surface area contributed by atoms with E-state index in [9.17, 15) is 4.79 Å². The van der Waals surface area contributed by atoms with Crippen molar-refractivity contribution in [3.8, 4) is 0 Å². The second-order valence-corrected chi connectivity index (χ2v) is 5.58. The van der Waals surface area contributed by atoms with Crippen molar-refractivity contribution in [2.75, 3.05) is 13.2 Å². The zero-order valence-corrected chi connectivity index (χ0v) is 11.6. The summed E-state index contributed by atoms with van der Waals surface area (Å²) in [5.41, 5.74) is 0. The van der Waals surface area contributed by atoms with E-state index in [2.05, 4.69) is 5.32 Å². The number of rotatable bonds is 5. The van der Waals surface area contributed by atoms with Gasteiger partial charge in [0.2, 0.25) is 5.91 Å². The van der Waals surface area contributed by atoms with E-state index in [0.29, 0.717) is 10.0 Å². The van der Waals surface area contributed by atoms with Crippen molar-refractivity contribution >= 4 is 40.9 Å². The van der Waals surface area contributed by atoms with Gasteiger partial charge in [-0.1, -0.05) is 23.2 Å². The summed E-state index contributed by atoms with van der Waals surface area (Å²) >= 11 is 13.2. The highest BCUT2D eigenvalue weighted by Crippen LogP contribution is 2.32. The predicted molar refractivity (Wildman–Crippen MR) is 71.9 cm³/mol. The molecule has 0 aliphatic carbocycles. The molecule has 2 N–H and O–H groups in total. The summed E-state index contributed by atoms with van der Waals surface area (Å²) in [5.74, 6) is -0.139. The number of thioether (sulfide) groups is 1. The van der Waals surface area contributed by atoms with Crippen LogP contribution >= 0.6 is 35.0 Å².